The summed E-state index contributed by atoms with van der Waals surface area (Å²) in [7, 11) is 0. The molecule has 0 atom stereocenters. The molecule has 0 saturated carbocycles. The van der Waals surface area contributed by atoms with Gasteiger partial charge in [-0.1, -0.05) is 11.6 Å². The van der Waals surface area contributed by atoms with Crippen molar-refractivity contribution in [2.75, 3.05) is 6.54 Å². The van der Waals surface area contributed by atoms with E-state index in [1.54, 1.807) is 6.07 Å². The van der Waals surface area contributed by atoms with Gasteiger partial charge in [-0.3, -0.25) is 0 Å². The topological polar surface area (TPSA) is 35.2 Å². The monoisotopic (exact) mass is 221 g/mol. The van der Waals surface area contributed by atoms with Gasteiger partial charge >= 0.3 is 6.61 Å². The Morgan fingerprint density at radius 1 is 1.43 bits per heavy atom. The fourth-order valence-electron chi connectivity index (χ4n) is 1.11. The molecule has 1 rings (SSSR count). The lowest BCUT2D eigenvalue weighted by molar-refractivity contribution is -0.0504. The van der Waals surface area contributed by atoms with Gasteiger partial charge < -0.3 is 10.5 Å². The molecule has 0 radical (unpaired) electrons. The van der Waals surface area contributed by atoms with Crippen LogP contribution in [0, 0.1) is 0 Å². The molecule has 0 aliphatic rings. The molecule has 0 spiro atoms. The fraction of sp³-hybridized carbons (Fsp3) is 0.333. The first-order valence-corrected chi connectivity index (χ1v) is 4.44. The van der Waals surface area contributed by atoms with Crippen LogP contribution in [-0.4, -0.2) is 13.2 Å². The third-order valence-electron chi connectivity index (χ3n) is 1.65. The molecule has 0 aromatic heterocycles. The summed E-state index contributed by atoms with van der Waals surface area (Å²) in [6, 6.07) is 4.49. The highest BCUT2D eigenvalue weighted by Gasteiger charge is 2.09. The minimum Gasteiger partial charge on any atom is -0.435 e. The van der Waals surface area contributed by atoms with E-state index in [4.69, 9.17) is 17.3 Å². The van der Waals surface area contributed by atoms with Crippen molar-refractivity contribution in [1.82, 2.24) is 0 Å². The zero-order chi connectivity index (χ0) is 10.6. The fourth-order valence-corrected chi connectivity index (χ4v) is 1.30. The molecule has 5 heteroatoms. The van der Waals surface area contributed by atoms with Crippen LogP contribution in [0.5, 0.6) is 5.75 Å². The van der Waals surface area contributed by atoms with Gasteiger partial charge in [0.2, 0.25) is 0 Å². The highest BCUT2D eigenvalue weighted by Crippen LogP contribution is 2.24. The summed E-state index contributed by atoms with van der Waals surface area (Å²) in [5.74, 6) is 0.134. The predicted octanol–water partition coefficient (Wildman–Crippen LogP) is 2.44. The molecule has 78 valence electrons. The number of alkyl halides is 2. The highest BCUT2D eigenvalue weighted by molar-refractivity contribution is 6.30. The van der Waals surface area contributed by atoms with Crippen LogP contribution in [-0.2, 0) is 6.42 Å². The normalized spacial score (nSPS) is 10.6. The van der Waals surface area contributed by atoms with Crippen molar-refractivity contribution < 1.29 is 13.5 Å². The predicted molar refractivity (Wildman–Crippen MR) is 50.8 cm³/mol. The Morgan fingerprint density at radius 2 is 2.14 bits per heavy atom. The van der Waals surface area contributed by atoms with Gasteiger partial charge in [0.1, 0.15) is 5.75 Å². The summed E-state index contributed by atoms with van der Waals surface area (Å²) < 4.78 is 28.2. The van der Waals surface area contributed by atoms with Crippen molar-refractivity contribution in [3.8, 4) is 5.75 Å². The Bertz CT molecular complexity index is 307. The van der Waals surface area contributed by atoms with E-state index >= 15 is 0 Å². The zero-order valence-electron chi connectivity index (χ0n) is 7.34. The third kappa shape index (κ3) is 3.12. The summed E-state index contributed by atoms with van der Waals surface area (Å²) in [4.78, 5) is 0. The molecular formula is C9H10ClF2NO. The van der Waals surface area contributed by atoms with E-state index in [2.05, 4.69) is 4.74 Å². The SMILES string of the molecule is NCCc1cc(Cl)ccc1OC(F)F. The maximum Gasteiger partial charge on any atom is 0.387 e. The lowest BCUT2D eigenvalue weighted by atomic mass is 10.1. The molecule has 2 nitrogen and oxygen atoms in total. The number of hydrogen-bond donors (Lipinski definition) is 1. The second kappa shape index (κ2) is 5.12. The molecule has 0 heterocycles. The van der Waals surface area contributed by atoms with E-state index in [9.17, 15) is 8.78 Å². The van der Waals surface area contributed by atoms with Crippen LogP contribution in [0.4, 0.5) is 8.78 Å². The quantitative estimate of drug-likeness (QED) is 0.848. The smallest absolute Gasteiger partial charge is 0.387 e. The van der Waals surface area contributed by atoms with Crippen molar-refractivity contribution in [3.05, 3.63) is 28.8 Å². The average molecular weight is 222 g/mol. The Hall–Kier alpha value is -0.870. The lowest BCUT2D eigenvalue weighted by Crippen LogP contribution is -2.08. The molecule has 1 aromatic rings. The van der Waals surface area contributed by atoms with Crippen LogP contribution in [0.25, 0.3) is 0 Å². The second-order valence-corrected chi connectivity index (χ2v) is 3.11. The molecular weight excluding hydrogens is 212 g/mol. The number of rotatable bonds is 4. The first-order chi connectivity index (χ1) is 6.63. The van der Waals surface area contributed by atoms with E-state index in [1.807, 2.05) is 0 Å². The summed E-state index contributed by atoms with van der Waals surface area (Å²) in [6.45, 7) is -2.47. The van der Waals surface area contributed by atoms with Gasteiger partial charge in [0, 0.05) is 5.02 Å². The Morgan fingerprint density at radius 3 is 2.71 bits per heavy atom. The minimum atomic E-state index is -2.83. The molecule has 0 aliphatic carbocycles. The van der Waals surface area contributed by atoms with E-state index in [0.717, 1.165) is 0 Å². The lowest BCUT2D eigenvalue weighted by Gasteiger charge is -2.09. The summed E-state index contributed by atoms with van der Waals surface area (Å²) in [5.41, 5.74) is 5.92. The van der Waals surface area contributed by atoms with Crippen molar-refractivity contribution >= 4 is 11.6 Å². The summed E-state index contributed by atoms with van der Waals surface area (Å²) >= 11 is 5.71. The van der Waals surface area contributed by atoms with Gasteiger partial charge in [-0.15, -0.1) is 0 Å². The van der Waals surface area contributed by atoms with Crippen LogP contribution in [0.3, 0.4) is 0 Å². The van der Waals surface area contributed by atoms with Crippen molar-refractivity contribution in [2.24, 2.45) is 5.73 Å². The van der Waals surface area contributed by atoms with E-state index < -0.39 is 6.61 Å². The van der Waals surface area contributed by atoms with E-state index in [0.29, 0.717) is 23.6 Å². The highest BCUT2D eigenvalue weighted by atomic mass is 35.5. The Balaban J connectivity index is 2.89. The molecule has 0 saturated heterocycles. The maximum absolute atomic E-state index is 12.0. The first-order valence-electron chi connectivity index (χ1n) is 4.07. The molecule has 0 fully saturated rings. The van der Waals surface area contributed by atoms with Crippen LogP contribution < -0.4 is 10.5 Å². The van der Waals surface area contributed by atoms with Gasteiger partial charge in [0.05, 0.1) is 0 Å². The largest absolute Gasteiger partial charge is 0.435 e. The summed E-state index contributed by atoms with van der Waals surface area (Å²) in [6.07, 6.45) is 0.461. The van der Waals surface area contributed by atoms with Gasteiger partial charge in [-0.05, 0) is 36.7 Å². The van der Waals surface area contributed by atoms with Crippen LogP contribution in [0.2, 0.25) is 5.02 Å². The minimum absolute atomic E-state index is 0.134. The average Bonchev–Trinajstić information content (AvgIpc) is 2.09. The Labute approximate surface area is 85.6 Å². The molecule has 0 bridgehead atoms. The number of hydrogen-bond acceptors (Lipinski definition) is 2. The van der Waals surface area contributed by atoms with Crippen LogP contribution in [0.15, 0.2) is 18.2 Å². The molecule has 0 unspecified atom stereocenters. The van der Waals surface area contributed by atoms with Crippen molar-refractivity contribution in [2.45, 2.75) is 13.0 Å². The van der Waals surface area contributed by atoms with Crippen molar-refractivity contribution in [1.29, 1.82) is 0 Å². The van der Waals surface area contributed by atoms with Crippen LogP contribution >= 0.6 is 11.6 Å². The van der Waals surface area contributed by atoms with Gasteiger partial charge in [-0.2, -0.15) is 8.78 Å². The standard InChI is InChI=1S/C9H10ClF2NO/c10-7-1-2-8(14-9(11)12)6(5-7)3-4-13/h1-2,5,9H,3-4,13H2. The van der Waals surface area contributed by atoms with Gasteiger partial charge in [0.25, 0.3) is 0 Å². The van der Waals surface area contributed by atoms with Gasteiger partial charge in [-0.25, -0.2) is 0 Å². The van der Waals surface area contributed by atoms with Gasteiger partial charge in [0.15, 0.2) is 0 Å². The molecule has 0 amide bonds. The Kier molecular flexibility index (Phi) is 4.10. The number of nitrogens with two attached hydrogens (primary N) is 1. The zero-order valence-corrected chi connectivity index (χ0v) is 8.10. The number of benzene rings is 1. The molecule has 0 aliphatic heterocycles. The molecule has 1 aromatic carbocycles. The maximum atomic E-state index is 12.0. The van der Waals surface area contributed by atoms with Crippen LogP contribution in [0.1, 0.15) is 5.56 Å². The van der Waals surface area contributed by atoms with E-state index in [-0.39, 0.29) is 5.75 Å². The number of ether oxygens (including phenoxy) is 1. The molecule has 2 N–H and O–H groups in total. The van der Waals surface area contributed by atoms with Crippen molar-refractivity contribution in [3.63, 3.8) is 0 Å². The first kappa shape index (κ1) is 11.2. The number of halogens is 3. The molecule has 14 heavy (non-hydrogen) atoms. The second-order valence-electron chi connectivity index (χ2n) is 2.67. The summed E-state index contributed by atoms with van der Waals surface area (Å²) in [5, 5.41) is 0.482. The third-order valence-corrected chi connectivity index (χ3v) is 1.89. The van der Waals surface area contributed by atoms with E-state index in [1.165, 1.54) is 12.1 Å².